The Balaban J connectivity index is 0.000000317. The van der Waals surface area contributed by atoms with E-state index in [-0.39, 0.29) is 23.4 Å². The average molecular weight is 1740 g/mol. The number of nitrogens with two attached hydrogens (primary N) is 1. The summed E-state index contributed by atoms with van der Waals surface area (Å²) in [4.78, 5) is 34.7. The Bertz CT molecular complexity index is 4160. The molecule has 474 valence electrons. The standard InChI is InChI=1S/C25H31NO2.C13H11N.C10H19ClO.S31/c1-2-3-4-5-6-7-8-12-22(27)18-25(28)26-21-15-14-20-16-19-11-9-10-13-23(19)24(20)17-21;14-11-6-5-10-7-9-3-1-2-4-12(9)13(10)8-11;1-2-3-4-5-6-7-8-9-10(11)12;1-3-5-7-9-11-13-15-17-19-21-23-25-27-29-31-30-28-26-24-22-20-18-16-14-12-10-8-6-4-2/h9-11,13-15,17H,2-8,12,16,18H2,1H3,(H,26,28);1-6,8H,7,14H2;2-9H2,1H3;. The summed E-state index contributed by atoms with van der Waals surface area (Å²) < 4.78 is 0. The Morgan fingerprint density at radius 2 is 0.741 bits per heavy atom. The second kappa shape index (κ2) is 58.0. The molecule has 0 unspecified atom stereocenters. The quantitative estimate of drug-likeness (QED) is 0.0364. The number of unbranched alkanes of at least 4 members (excludes halogenated alkanes) is 12. The van der Waals surface area contributed by atoms with Crippen LogP contribution in [0, 0.1) is 0 Å². The van der Waals surface area contributed by atoms with Crippen LogP contribution in [0.25, 0.3) is 22.3 Å². The summed E-state index contributed by atoms with van der Waals surface area (Å²) in [5, 5.41) is 2.71. The van der Waals surface area contributed by atoms with Gasteiger partial charge in [0.2, 0.25) is 11.1 Å². The van der Waals surface area contributed by atoms with E-state index < -0.39 is 0 Å². The fraction of sp³-hybridized carbons (Fsp3) is 0.438. The topological polar surface area (TPSA) is 89.3 Å². The van der Waals surface area contributed by atoms with Gasteiger partial charge in [0.15, 0.2) is 0 Å². The second-order valence-electron chi connectivity index (χ2n) is 16.8. The van der Waals surface area contributed by atoms with Crippen LogP contribution in [0.3, 0.4) is 0 Å². The molecule has 0 aromatic heterocycles. The molecule has 0 fully saturated rings. The molecule has 2 aliphatic carbocycles. The fourth-order valence-corrected chi connectivity index (χ4v) is 81.9. The third-order valence-corrected chi connectivity index (χ3v) is 73.5. The zero-order valence-corrected chi connectivity index (χ0v) is 71.4. The molecule has 0 bridgehead atoms. The molecule has 0 saturated heterocycles. The number of carbonyl (C=O) groups is 3. The zero-order valence-electron chi connectivity index (χ0n) is 45.4. The van der Waals surface area contributed by atoms with E-state index in [1.807, 2.05) is 157 Å². The lowest BCUT2D eigenvalue weighted by Crippen LogP contribution is -2.16. The van der Waals surface area contributed by atoms with E-state index in [0.717, 1.165) is 49.9 Å². The molecule has 5 nitrogen and oxygen atoms in total. The summed E-state index contributed by atoms with van der Waals surface area (Å²) in [6.07, 6.45) is 20.0. The normalized spacial score (nSPS) is 10.1. The highest BCUT2D eigenvalue weighted by Gasteiger charge is 2.19. The van der Waals surface area contributed by atoms with Crippen molar-refractivity contribution in [3.05, 3.63) is 107 Å². The largest absolute Gasteiger partial charge is 0.399 e. The summed E-state index contributed by atoms with van der Waals surface area (Å²) in [5.74, 6) is -0.170. The molecule has 0 spiro atoms. The number of benzene rings is 4. The first-order valence-electron chi connectivity index (χ1n) is 25.5. The summed E-state index contributed by atoms with van der Waals surface area (Å²) in [6, 6.07) is 29.1. The molecule has 6 rings (SSSR count). The van der Waals surface area contributed by atoms with E-state index in [1.165, 1.54) is 126 Å². The molecule has 0 aliphatic heterocycles. The van der Waals surface area contributed by atoms with Crippen LogP contribution >= 0.6 is 11.6 Å². The zero-order chi connectivity index (χ0) is 61.1. The average Bonchev–Trinajstić information content (AvgIpc) is 2.35. The highest BCUT2D eigenvalue weighted by Crippen LogP contribution is 2.38. The minimum absolute atomic E-state index is 0.0243. The van der Waals surface area contributed by atoms with Gasteiger partial charge < -0.3 is 11.1 Å². The van der Waals surface area contributed by atoms with Crippen molar-refractivity contribution in [2.24, 2.45) is 0 Å². The summed E-state index contributed by atoms with van der Waals surface area (Å²) in [6.45, 7) is 4.43. The van der Waals surface area contributed by atoms with Gasteiger partial charge in [-0.3, -0.25) is 14.4 Å². The molecule has 3 N–H and O–H groups in total. The molecular weight excluding hydrogens is 1680 g/mol. The maximum atomic E-state index is 12.2. The van der Waals surface area contributed by atoms with Crippen molar-refractivity contribution in [1.82, 2.24) is 0 Å². The van der Waals surface area contributed by atoms with Crippen molar-refractivity contribution >= 4 is 320 Å². The summed E-state index contributed by atoms with van der Waals surface area (Å²) in [7, 11) is 50.9. The van der Waals surface area contributed by atoms with Gasteiger partial charge in [-0.05, 0) is 106 Å². The number of ketones is 1. The number of fused-ring (bicyclic) bond motifs is 6. The smallest absolute Gasteiger partial charge is 0.231 e. The molecule has 4 aromatic rings. The minimum atomic E-state index is -0.209. The van der Waals surface area contributed by atoms with Gasteiger partial charge in [0.05, 0.1) is 6.42 Å². The first-order valence-corrected chi connectivity index (χ1v) is 65.8. The van der Waals surface area contributed by atoms with Crippen LogP contribution in [-0.2, 0) is 307 Å². The number of amides is 1. The predicted octanol–water partition coefficient (Wildman–Crippen LogP) is 13.0. The lowest BCUT2D eigenvalue weighted by atomic mass is 10.0. The van der Waals surface area contributed by atoms with Crippen LogP contribution < -0.4 is 11.1 Å². The first-order chi connectivity index (χ1) is 41.7. The van der Waals surface area contributed by atoms with E-state index in [9.17, 15) is 14.4 Å². The molecule has 0 atom stereocenters. The van der Waals surface area contributed by atoms with Crippen molar-refractivity contribution < 1.29 is 14.4 Å². The number of rotatable bonds is 19. The molecule has 1 amide bonds. The van der Waals surface area contributed by atoms with Crippen LogP contribution in [0.1, 0.15) is 145 Å². The van der Waals surface area contributed by atoms with E-state index in [2.05, 4.69) is 79.8 Å². The monoisotopic (exact) mass is 1740 g/mol. The van der Waals surface area contributed by atoms with Gasteiger partial charge in [-0.2, -0.15) is 0 Å². The van der Waals surface area contributed by atoms with Crippen LogP contribution in [0.4, 0.5) is 11.4 Å². The number of hydrogen-bond donors (Lipinski definition) is 2. The van der Waals surface area contributed by atoms with Gasteiger partial charge in [-0.25, -0.2) is 0 Å². The van der Waals surface area contributed by atoms with Crippen LogP contribution in [0.5, 0.6) is 0 Å². The van der Waals surface area contributed by atoms with Crippen molar-refractivity contribution in [3.8, 4) is 22.3 Å². The Morgan fingerprint density at radius 1 is 0.412 bits per heavy atom. The molecule has 37 heteroatoms. The van der Waals surface area contributed by atoms with Crippen molar-refractivity contribution in [1.29, 1.82) is 0 Å². The van der Waals surface area contributed by atoms with Crippen molar-refractivity contribution in [3.63, 3.8) is 0 Å². The molecule has 0 heterocycles. The highest BCUT2D eigenvalue weighted by atomic mass is 35.5. The van der Waals surface area contributed by atoms with Crippen LogP contribution in [0.2, 0.25) is 0 Å². The lowest BCUT2D eigenvalue weighted by molar-refractivity contribution is -0.125. The summed E-state index contributed by atoms with van der Waals surface area (Å²) in [5.41, 5.74) is 17.9. The Morgan fingerprint density at radius 3 is 1.13 bits per heavy atom. The second-order valence-corrected chi connectivity index (χ2v) is 68.5. The highest BCUT2D eigenvalue weighted by molar-refractivity contribution is 8.80. The Labute approximate surface area is 600 Å². The van der Waals surface area contributed by atoms with E-state index in [1.54, 1.807) is 107 Å². The maximum Gasteiger partial charge on any atom is 0.231 e. The number of nitrogens with one attached hydrogen (secondary N) is 1. The SMILES string of the molecule is CCCCCCCCCC(=O)CC(=O)Nc1ccc2c(c1)-c1ccccc1C2.CCCCCCCCCC(=O)Cl.Nc1ccc2c(c1)-c1ccccc1C2.S=S=S=S=S=S=S=S=S=S=S=S=S=S=S=S=S=S=S=S=S=S=S=S=S=S=S=S=S=S=S. The van der Waals surface area contributed by atoms with Gasteiger partial charge in [0.25, 0.3) is 0 Å². The van der Waals surface area contributed by atoms with Crippen LogP contribution in [0.15, 0.2) is 84.9 Å². The van der Waals surface area contributed by atoms with E-state index >= 15 is 0 Å². The van der Waals surface area contributed by atoms with E-state index in [0.29, 0.717) is 12.8 Å². The number of carbonyl (C=O) groups excluding carboxylic acids is 3. The molecule has 0 saturated carbocycles. The van der Waals surface area contributed by atoms with Crippen molar-refractivity contribution in [2.45, 2.75) is 136 Å². The van der Waals surface area contributed by atoms with Gasteiger partial charge in [-0.1, -0.05) is 152 Å². The van der Waals surface area contributed by atoms with Gasteiger partial charge >= 0.3 is 0 Å². The summed E-state index contributed by atoms with van der Waals surface area (Å²) >= 11 is 14.8. The van der Waals surface area contributed by atoms with Gasteiger partial charge in [0, 0.05) is 304 Å². The number of Topliss-reactive ketones (excluding diaryl/α,β-unsaturated/α-hetero) is 1. The third kappa shape index (κ3) is 42.6. The van der Waals surface area contributed by atoms with Crippen LogP contribution in [-0.4, -0.2) is 16.9 Å². The maximum absolute atomic E-state index is 12.2. The number of anilines is 2. The van der Waals surface area contributed by atoms with Crippen molar-refractivity contribution in [2.75, 3.05) is 11.1 Å². The molecule has 0 radical (unpaired) electrons. The predicted molar refractivity (Wildman–Crippen MR) is 456 cm³/mol. The molecular formula is C48H61ClN2O3S31. The first kappa shape index (κ1) is 81.8. The number of hydrogen-bond acceptors (Lipinski definition) is 6. The lowest BCUT2D eigenvalue weighted by Gasteiger charge is -2.08. The van der Waals surface area contributed by atoms with Gasteiger partial charge in [-0.15, -0.1) is 0 Å². The Hall–Kier alpha value is 2.60. The van der Waals surface area contributed by atoms with Gasteiger partial charge in [0.1, 0.15) is 5.78 Å². The number of nitrogen functional groups attached to an aromatic ring is 1. The Kier molecular flexibility index (Phi) is 55.8. The fourth-order valence-electron chi connectivity index (χ4n) is 7.62. The molecule has 85 heavy (non-hydrogen) atoms. The molecule has 2 aliphatic rings. The minimum Gasteiger partial charge on any atom is -0.399 e. The number of halogens is 1. The molecule has 4 aromatic carbocycles. The van der Waals surface area contributed by atoms with E-state index in [4.69, 9.17) is 39.7 Å². The third-order valence-electron chi connectivity index (χ3n) is 11.1.